The summed E-state index contributed by atoms with van der Waals surface area (Å²) in [6.45, 7) is 1.78. The molecule has 1 atom stereocenters. The molecule has 1 unspecified atom stereocenters. The van der Waals surface area contributed by atoms with Gasteiger partial charge in [-0.2, -0.15) is 0 Å². The summed E-state index contributed by atoms with van der Waals surface area (Å²) in [7, 11) is 0. The SMILES string of the molecule is Cc1ncccc1NC(=O)NC(C(=O)O)C1CCCCC1. The van der Waals surface area contributed by atoms with Crippen molar-refractivity contribution in [3.05, 3.63) is 24.0 Å². The quantitative estimate of drug-likeness (QED) is 0.795. The number of aromatic nitrogens is 1. The van der Waals surface area contributed by atoms with E-state index in [4.69, 9.17) is 0 Å². The van der Waals surface area contributed by atoms with Gasteiger partial charge in [0.1, 0.15) is 6.04 Å². The van der Waals surface area contributed by atoms with Gasteiger partial charge in [-0.3, -0.25) is 4.98 Å². The number of rotatable bonds is 4. The second-order valence-electron chi connectivity index (χ2n) is 5.45. The fraction of sp³-hybridized carbons (Fsp3) is 0.533. The maximum atomic E-state index is 12.0. The van der Waals surface area contributed by atoms with Crippen molar-refractivity contribution in [3.63, 3.8) is 0 Å². The first-order valence-electron chi connectivity index (χ1n) is 7.30. The molecule has 0 aliphatic heterocycles. The molecule has 0 radical (unpaired) electrons. The van der Waals surface area contributed by atoms with Crippen LogP contribution in [0.15, 0.2) is 18.3 Å². The lowest BCUT2D eigenvalue weighted by Gasteiger charge is -2.28. The van der Waals surface area contributed by atoms with Crippen LogP contribution in [0.25, 0.3) is 0 Å². The largest absolute Gasteiger partial charge is 0.480 e. The topological polar surface area (TPSA) is 91.3 Å². The summed E-state index contributed by atoms with van der Waals surface area (Å²) in [6.07, 6.45) is 6.54. The third kappa shape index (κ3) is 4.18. The molecule has 1 heterocycles. The Balaban J connectivity index is 1.98. The van der Waals surface area contributed by atoms with Crippen LogP contribution in [-0.4, -0.2) is 28.1 Å². The molecule has 1 aromatic heterocycles. The Morgan fingerprint density at radius 3 is 2.67 bits per heavy atom. The van der Waals surface area contributed by atoms with Gasteiger partial charge in [-0.1, -0.05) is 19.3 Å². The molecule has 114 valence electrons. The molecule has 6 heteroatoms. The minimum Gasteiger partial charge on any atom is -0.480 e. The summed E-state index contributed by atoms with van der Waals surface area (Å²) < 4.78 is 0. The standard InChI is InChI=1S/C15H21N3O3/c1-10-12(8-5-9-16-10)17-15(21)18-13(14(19)20)11-6-3-2-4-7-11/h5,8-9,11,13H,2-4,6-7H2,1H3,(H,19,20)(H2,17,18,21). The number of pyridine rings is 1. The predicted molar refractivity (Wildman–Crippen MR) is 79.1 cm³/mol. The van der Waals surface area contributed by atoms with Gasteiger partial charge in [0.2, 0.25) is 0 Å². The Labute approximate surface area is 124 Å². The van der Waals surface area contributed by atoms with Crippen molar-refractivity contribution in [1.29, 1.82) is 0 Å². The van der Waals surface area contributed by atoms with Crippen LogP contribution in [0.4, 0.5) is 10.5 Å². The molecule has 6 nitrogen and oxygen atoms in total. The van der Waals surface area contributed by atoms with E-state index in [1.54, 1.807) is 25.3 Å². The Hall–Kier alpha value is -2.11. The molecular formula is C15H21N3O3. The molecule has 2 rings (SSSR count). The van der Waals surface area contributed by atoms with E-state index in [0.29, 0.717) is 11.4 Å². The highest BCUT2D eigenvalue weighted by atomic mass is 16.4. The molecule has 0 bridgehead atoms. The third-order valence-electron chi connectivity index (χ3n) is 3.93. The number of carbonyl (C=O) groups is 2. The maximum absolute atomic E-state index is 12.0. The molecule has 1 aromatic rings. The fourth-order valence-electron chi connectivity index (χ4n) is 2.76. The lowest BCUT2D eigenvalue weighted by molar-refractivity contribution is -0.141. The number of urea groups is 1. The van der Waals surface area contributed by atoms with E-state index in [-0.39, 0.29) is 5.92 Å². The summed E-state index contributed by atoms with van der Waals surface area (Å²) in [5, 5.41) is 14.6. The van der Waals surface area contributed by atoms with Gasteiger partial charge in [0.25, 0.3) is 0 Å². The van der Waals surface area contributed by atoms with Gasteiger partial charge in [-0.15, -0.1) is 0 Å². The molecule has 0 spiro atoms. The summed E-state index contributed by atoms with van der Waals surface area (Å²) in [4.78, 5) is 27.5. The number of aryl methyl sites for hydroxylation is 1. The van der Waals surface area contributed by atoms with Crippen LogP contribution < -0.4 is 10.6 Å². The lowest BCUT2D eigenvalue weighted by Crippen LogP contribution is -2.48. The van der Waals surface area contributed by atoms with E-state index in [0.717, 1.165) is 32.1 Å². The van der Waals surface area contributed by atoms with Gasteiger partial charge in [0, 0.05) is 6.20 Å². The number of nitrogens with one attached hydrogen (secondary N) is 2. The van der Waals surface area contributed by atoms with E-state index in [1.165, 1.54) is 0 Å². The molecule has 1 saturated carbocycles. The van der Waals surface area contributed by atoms with Gasteiger partial charge in [0.15, 0.2) is 0 Å². The highest BCUT2D eigenvalue weighted by Gasteiger charge is 2.30. The molecule has 1 aliphatic rings. The summed E-state index contributed by atoms with van der Waals surface area (Å²) in [5.41, 5.74) is 1.28. The van der Waals surface area contributed by atoms with Crippen molar-refractivity contribution in [2.75, 3.05) is 5.32 Å². The number of aliphatic carboxylic acids is 1. The third-order valence-corrected chi connectivity index (χ3v) is 3.93. The molecule has 3 N–H and O–H groups in total. The number of carbonyl (C=O) groups excluding carboxylic acids is 1. The van der Waals surface area contributed by atoms with E-state index in [9.17, 15) is 14.7 Å². The van der Waals surface area contributed by atoms with Crippen molar-refractivity contribution >= 4 is 17.7 Å². The molecule has 0 aromatic carbocycles. The Morgan fingerprint density at radius 1 is 1.33 bits per heavy atom. The molecule has 21 heavy (non-hydrogen) atoms. The van der Waals surface area contributed by atoms with E-state index in [1.807, 2.05) is 0 Å². The zero-order valence-corrected chi connectivity index (χ0v) is 12.1. The van der Waals surface area contributed by atoms with Crippen LogP contribution >= 0.6 is 0 Å². The maximum Gasteiger partial charge on any atom is 0.326 e. The first-order valence-corrected chi connectivity index (χ1v) is 7.30. The number of nitrogens with zero attached hydrogens (tertiary/aromatic N) is 1. The fourth-order valence-corrected chi connectivity index (χ4v) is 2.76. The second-order valence-corrected chi connectivity index (χ2v) is 5.45. The first kappa shape index (κ1) is 15.3. The molecular weight excluding hydrogens is 270 g/mol. The Bertz CT molecular complexity index is 513. The average Bonchev–Trinajstić information content (AvgIpc) is 2.48. The first-order chi connectivity index (χ1) is 10.1. The van der Waals surface area contributed by atoms with Crippen molar-refractivity contribution in [1.82, 2.24) is 10.3 Å². The number of anilines is 1. The zero-order valence-electron chi connectivity index (χ0n) is 12.1. The van der Waals surface area contributed by atoms with Crippen molar-refractivity contribution in [3.8, 4) is 0 Å². The summed E-state index contributed by atoms with van der Waals surface area (Å²) in [5.74, 6) is -0.961. The average molecular weight is 291 g/mol. The highest BCUT2D eigenvalue weighted by molar-refractivity contribution is 5.92. The smallest absolute Gasteiger partial charge is 0.326 e. The van der Waals surface area contributed by atoms with E-state index >= 15 is 0 Å². The minimum atomic E-state index is -0.972. The monoisotopic (exact) mass is 291 g/mol. The summed E-state index contributed by atoms with van der Waals surface area (Å²) >= 11 is 0. The Morgan fingerprint density at radius 2 is 2.05 bits per heavy atom. The van der Waals surface area contributed by atoms with Gasteiger partial charge < -0.3 is 15.7 Å². The number of hydrogen-bond acceptors (Lipinski definition) is 3. The predicted octanol–water partition coefficient (Wildman–Crippen LogP) is 2.55. The normalized spacial score (nSPS) is 17.0. The second kappa shape index (κ2) is 7.06. The van der Waals surface area contributed by atoms with E-state index < -0.39 is 18.0 Å². The number of hydrogen-bond donors (Lipinski definition) is 3. The van der Waals surface area contributed by atoms with Crippen LogP contribution in [0, 0.1) is 12.8 Å². The van der Waals surface area contributed by atoms with Crippen LogP contribution in [-0.2, 0) is 4.79 Å². The molecule has 1 aliphatic carbocycles. The molecule has 1 fully saturated rings. The minimum absolute atomic E-state index is 0.0111. The molecule has 0 saturated heterocycles. The van der Waals surface area contributed by atoms with Gasteiger partial charge in [-0.25, -0.2) is 9.59 Å². The Kier molecular flexibility index (Phi) is 5.14. The van der Waals surface area contributed by atoms with Gasteiger partial charge in [0.05, 0.1) is 11.4 Å². The van der Waals surface area contributed by atoms with Gasteiger partial charge in [-0.05, 0) is 37.8 Å². The van der Waals surface area contributed by atoms with E-state index in [2.05, 4.69) is 15.6 Å². The van der Waals surface area contributed by atoms with Crippen LogP contribution in [0.5, 0.6) is 0 Å². The molecule has 2 amide bonds. The number of amides is 2. The highest BCUT2D eigenvalue weighted by Crippen LogP contribution is 2.26. The van der Waals surface area contributed by atoms with Crippen LogP contribution in [0.2, 0.25) is 0 Å². The lowest BCUT2D eigenvalue weighted by atomic mass is 9.84. The van der Waals surface area contributed by atoms with Crippen molar-refractivity contribution in [2.24, 2.45) is 5.92 Å². The summed E-state index contributed by atoms with van der Waals surface area (Å²) in [6, 6.07) is 2.13. The van der Waals surface area contributed by atoms with Crippen LogP contribution in [0.1, 0.15) is 37.8 Å². The zero-order chi connectivity index (χ0) is 15.2. The van der Waals surface area contributed by atoms with Crippen molar-refractivity contribution in [2.45, 2.75) is 45.1 Å². The van der Waals surface area contributed by atoms with Crippen LogP contribution in [0.3, 0.4) is 0 Å². The number of carboxylic acids is 1. The van der Waals surface area contributed by atoms with Crippen molar-refractivity contribution < 1.29 is 14.7 Å². The number of carboxylic acid groups (broad SMARTS) is 1. The van der Waals surface area contributed by atoms with Gasteiger partial charge >= 0.3 is 12.0 Å².